The molecule has 0 spiro atoms. The molecule has 2 aromatic rings. The number of aryl methyl sites for hydroxylation is 2. The van der Waals surface area contributed by atoms with Gasteiger partial charge in [0.15, 0.2) is 5.82 Å². The normalized spacial score (nSPS) is 21.5. The minimum atomic E-state index is 0.301. The van der Waals surface area contributed by atoms with E-state index in [0.29, 0.717) is 12.0 Å². The minimum absolute atomic E-state index is 0.301. The number of ether oxygens (including phenoxy) is 1. The molecule has 1 N–H and O–H groups in total. The van der Waals surface area contributed by atoms with Gasteiger partial charge in [-0.3, -0.25) is 9.88 Å². The highest BCUT2D eigenvalue weighted by atomic mass is 16.5. The van der Waals surface area contributed by atoms with Crippen LogP contribution in [0.15, 0.2) is 18.5 Å². The molecule has 2 aromatic heterocycles. The lowest BCUT2D eigenvalue weighted by Gasteiger charge is -2.31. The van der Waals surface area contributed by atoms with Crippen molar-refractivity contribution in [3.05, 3.63) is 35.5 Å². The predicted molar refractivity (Wildman–Crippen MR) is 104 cm³/mol. The molecule has 144 valence electrons. The van der Waals surface area contributed by atoms with Gasteiger partial charge in [0.1, 0.15) is 5.69 Å². The van der Waals surface area contributed by atoms with E-state index in [1.54, 1.807) is 12.4 Å². The lowest BCUT2D eigenvalue weighted by molar-refractivity contribution is 0.0504. The van der Waals surface area contributed by atoms with Gasteiger partial charge >= 0.3 is 0 Å². The van der Waals surface area contributed by atoms with Gasteiger partial charge < -0.3 is 10.1 Å². The molecule has 0 amide bonds. The average Bonchev–Trinajstić information content (AvgIpc) is 3.10. The minimum Gasteiger partial charge on any atom is -0.381 e. The molecule has 1 atom stereocenters. The Labute approximate surface area is 160 Å². The molecule has 0 radical (unpaired) electrons. The number of aromatic nitrogens is 4. The predicted octanol–water partition coefficient (Wildman–Crippen LogP) is 3.19. The van der Waals surface area contributed by atoms with E-state index in [4.69, 9.17) is 9.72 Å². The van der Waals surface area contributed by atoms with Gasteiger partial charge in [-0.1, -0.05) is 0 Å². The van der Waals surface area contributed by atoms with Crippen molar-refractivity contribution in [1.82, 2.24) is 24.8 Å². The van der Waals surface area contributed by atoms with E-state index in [1.807, 2.05) is 19.9 Å². The molecule has 4 rings (SSSR count). The van der Waals surface area contributed by atoms with Crippen LogP contribution in [0, 0.1) is 19.8 Å². The number of hydrogen-bond donors (Lipinski definition) is 1. The second-order valence-corrected chi connectivity index (χ2v) is 7.60. The second kappa shape index (κ2) is 8.27. The van der Waals surface area contributed by atoms with Crippen LogP contribution >= 0.6 is 0 Å². The van der Waals surface area contributed by atoms with E-state index in [-0.39, 0.29) is 0 Å². The summed E-state index contributed by atoms with van der Waals surface area (Å²) in [4.78, 5) is 20.8. The third-order valence-electron chi connectivity index (χ3n) is 5.45. The van der Waals surface area contributed by atoms with Crippen LogP contribution in [0.3, 0.4) is 0 Å². The highest BCUT2D eigenvalue weighted by Gasteiger charge is 2.31. The van der Waals surface area contributed by atoms with E-state index in [2.05, 4.69) is 25.2 Å². The Morgan fingerprint density at radius 1 is 1.07 bits per heavy atom. The first-order valence-corrected chi connectivity index (χ1v) is 9.91. The zero-order valence-electron chi connectivity index (χ0n) is 16.2. The molecule has 0 aliphatic carbocycles. The number of likely N-dealkylation sites (tertiary alicyclic amines) is 1. The number of hydrogen-bond acceptors (Lipinski definition) is 7. The van der Waals surface area contributed by atoms with Crippen molar-refractivity contribution >= 4 is 11.8 Å². The quantitative estimate of drug-likeness (QED) is 0.868. The molecule has 4 heterocycles. The van der Waals surface area contributed by atoms with Gasteiger partial charge in [0.25, 0.3) is 0 Å². The Bertz CT molecular complexity index is 757. The fourth-order valence-corrected chi connectivity index (χ4v) is 4.19. The van der Waals surface area contributed by atoms with Crippen molar-refractivity contribution < 1.29 is 4.74 Å². The van der Waals surface area contributed by atoms with E-state index >= 15 is 0 Å². The molecule has 0 aromatic carbocycles. The maximum Gasteiger partial charge on any atom is 0.228 e. The molecule has 2 fully saturated rings. The molecule has 0 saturated carbocycles. The Hall–Kier alpha value is -2.12. The van der Waals surface area contributed by atoms with E-state index in [1.165, 1.54) is 6.42 Å². The first-order chi connectivity index (χ1) is 13.2. The first kappa shape index (κ1) is 18.3. The van der Waals surface area contributed by atoms with Crippen LogP contribution in [0.5, 0.6) is 0 Å². The fraction of sp³-hybridized carbons (Fsp3) is 0.600. The van der Waals surface area contributed by atoms with Crippen molar-refractivity contribution in [2.45, 2.75) is 45.6 Å². The summed E-state index contributed by atoms with van der Waals surface area (Å²) in [5.41, 5.74) is 2.89. The van der Waals surface area contributed by atoms with Gasteiger partial charge in [0.2, 0.25) is 5.95 Å². The summed E-state index contributed by atoms with van der Waals surface area (Å²) in [6, 6.07) is 2.27. The number of rotatable bonds is 5. The summed E-state index contributed by atoms with van der Waals surface area (Å²) in [6.45, 7) is 7.98. The summed E-state index contributed by atoms with van der Waals surface area (Å²) >= 11 is 0. The summed E-state index contributed by atoms with van der Waals surface area (Å²) in [7, 11) is 0. The van der Waals surface area contributed by atoms with Crippen molar-refractivity contribution in [1.29, 1.82) is 0 Å². The van der Waals surface area contributed by atoms with Crippen molar-refractivity contribution in [3.8, 4) is 0 Å². The molecular formula is C20H28N6O. The van der Waals surface area contributed by atoms with Gasteiger partial charge in [-0.05, 0) is 58.1 Å². The van der Waals surface area contributed by atoms with Gasteiger partial charge in [0.05, 0.1) is 6.04 Å². The van der Waals surface area contributed by atoms with Gasteiger partial charge in [-0.25, -0.2) is 15.0 Å². The number of nitrogens with zero attached hydrogens (tertiary/aromatic N) is 5. The van der Waals surface area contributed by atoms with Crippen LogP contribution in [0.4, 0.5) is 11.8 Å². The van der Waals surface area contributed by atoms with Gasteiger partial charge in [-0.15, -0.1) is 0 Å². The molecule has 0 bridgehead atoms. The maximum absolute atomic E-state index is 5.52. The second-order valence-electron chi connectivity index (χ2n) is 7.60. The van der Waals surface area contributed by atoms with Crippen LogP contribution in [0.2, 0.25) is 0 Å². The molecule has 0 unspecified atom stereocenters. The topological polar surface area (TPSA) is 76.1 Å². The molecule has 7 heteroatoms. The Balaban J connectivity index is 1.54. The third kappa shape index (κ3) is 4.42. The third-order valence-corrected chi connectivity index (χ3v) is 5.45. The van der Waals surface area contributed by atoms with Gasteiger partial charge in [0, 0.05) is 43.5 Å². The molecule has 2 aliphatic rings. The van der Waals surface area contributed by atoms with Crippen LogP contribution in [-0.4, -0.2) is 51.1 Å². The zero-order valence-corrected chi connectivity index (χ0v) is 16.2. The van der Waals surface area contributed by atoms with Crippen LogP contribution < -0.4 is 5.32 Å². The first-order valence-electron chi connectivity index (χ1n) is 9.91. The average molecular weight is 368 g/mol. The highest BCUT2D eigenvalue weighted by Crippen LogP contribution is 2.35. The Morgan fingerprint density at radius 2 is 1.81 bits per heavy atom. The molecular weight excluding hydrogens is 340 g/mol. The summed E-state index contributed by atoms with van der Waals surface area (Å²) < 4.78 is 5.52. The lowest BCUT2D eigenvalue weighted by Crippen LogP contribution is -2.32. The van der Waals surface area contributed by atoms with E-state index < -0.39 is 0 Å². The zero-order chi connectivity index (χ0) is 18.6. The summed E-state index contributed by atoms with van der Waals surface area (Å²) in [5, 5.41) is 3.31. The summed E-state index contributed by atoms with van der Waals surface area (Å²) in [5.74, 6) is 2.07. The van der Waals surface area contributed by atoms with Gasteiger partial charge in [-0.2, -0.15) is 0 Å². The Morgan fingerprint density at radius 3 is 2.59 bits per heavy atom. The van der Waals surface area contributed by atoms with Crippen LogP contribution in [0.25, 0.3) is 0 Å². The van der Waals surface area contributed by atoms with Crippen LogP contribution in [-0.2, 0) is 4.74 Å². The van der Waals surface area contributed by atoms with Crippen molar-refractivity contribution in [2.75, 3.05) is 31.6 Å². The van der Waals surface area contributed by atoms with Crippen molar-refractivity contribution in [2.24, 2.45) is 5.92 Å². The van der Waals surface area contributed by atoms with Crippen LogP contribution in [0.1, 0.15) is 48.8 Å². The summed E-state index contributed by atoms with van der Waals surface area (Å²) in [6.07, 6.45) is 8.14. The smallest absolute Gasteiger partial charge is 0.228 e. The van der Waals surface area contributed by atoms with E-state index in [9.17, 15) is 0 Å². The number of anilines is 2. The Kier molecular flexibility index (Phi) is 5.59. The number of nitrogens with one attached hydrogen (secondary N) is 1. The molecule has 2 saturated heterocycles. The largest absolute Gasteiger partial charge is 0.381 e. The molecule has 2 aliphatic heterocycles. The van der Waals surface area contributed by atoms with Crippen molar-refractivity contribution in [3.63, 3.8) is 0 Å². The SMILES string of the molecule is Cc1cc(C)nc(Nc2nccnc2[C@H]2CCCN2CC2CCOCC2)n1. The van der Waals surface area contributed by atoms with E-state index in [0.717, 1.165) is 74.4 Å². The monoisotopic (exact) mass is 368 g/mol. The maximum atomic E-state index is 5.52. The molecule has 27 heavy (non-hydrogen) atoms. The molecule has 7 nitrogen and oxygen atoms in total. The standard InChI is InChI=1S/C20H28N6O/c1-14-12-15(2)24-20(23-14)25-19-18(21-7-8-22-19)17-4-3-9-26(17)13-16-5-10-27-11-6-16/h7-8,12,16-17H,3-6,9-11,13H2,1-2H3,(H,22,23,24,25)/t17-/m1/s1. The highest BCUT2D eigenvalue weighted by molar-refractivity contribution is 5.52. The fourth-order valence-electron chi connectivity index (χ4n) is 4.19. The lowest BCUT2D eigenvalue weighted by atomic mass is 9.99.